The SMILES string of the molecule is Oc1ccccc1-c1cc2c(nn1)NC[C@H]1CN(c3ncc(N4CCC(CN5CCNCC5)CC4)cn3)CCN21. The number of hydrogen-bond acceptors (Lipinski definition) is 11. The molecule has 0 saturated carbocycles. The molecule has 4 aliphatic rings. The van der Waals surface area contributed by atoms with Crippen LogP contribution in [0.5, 0.6) is 5.75 Å². The molecule has 40 heavy (non-hydrogen) atoms. The van der Waals surface area contributed by atoms with Crippen LogP contribution in [0.3, 0.4) is 0 Å². The average Bonchev–Trinajstić information content (AvgIpc) is 3.02. The fourth-order valence-electron chi connectivity index (χ4n) is 6.57. The topological polar surface area (TPSA) is 109 Å². The van der Waals surface area contributed by atoms with E-state index in [9.17, 15) is 5.11 Å². The van der Waals surface area contributed by atoms with Gasteiger partial charge in [0.1, 0.15) is 5.75 Å². The number of anilines is 4. The minimum Gasteiger partial charge on any atom is -0.507 e. The minimum atomic E-state index is 0.210. The first-order valence-corrected chi connectivity index (χ1v) is 14.6. The van der Waals surface area contributed by atoms with Crippen molar-refractivity contribution in [2.45, 2.75) is 18.9 Å². The van der Waals surface area contributed by atoms with Crippen LogP contribution >= 0.6 is 0 Å². The third-order valence-corrected chi connectivity index (χ3v) is 8.86. The van der Waals surface area contributed by atoms with E-state index in [1.54, 1.807) is 6.07 Å². The van der Waals surface area contributed by atoms with Crippen molar-refractivity contribution >= 4 is 23.1 Å². The van der Waals surface area contributed by atoms with Crippen LogP contribution in [0.25, 0.3) is 11.3 Å². The van der Waals surface area contributed by atoms with Crippen molar-refractivity contribution in [1.82, 2.24) is 30.4 Å². The van der Waals surface area contributed by atoms with Crippen molar-refractivity contribution in [3.05, 3.63) is 42.7 Å². The monoisotopic (exact) mass is 542 g/mol. The lowest BCUT2D eigenvalue weighted by Crippen LogP contribution is -2.58. The molecule has 7 rings (SSSR count). The van der Waals surface area contributed by atoms with Crippen LogP contribution in [-0.4, -0.2) is 108 Å². The van der Waals surface area contributed by atoms with E-state index in [0.29, 0.717) is 11.3 Å². The molecule has 1 atom stereocenters. The molecule has 0 radical (unpaired) electrons. The smallest absolute Gasteiger partial charge is 0.225 e. The molecule has 0 amide bonds. The van der Waals surface area contributed by atoms with Crippen molar-refractivity contribution in [3.63, 3.8) is 0 Å². The quantitative estimate of drug-likeness (QED) is 0.440. The molecule has 0 unspecified atom stereocenters. The summed E-state index contributed by atoms with van der Waals surface area (Å²) in [4.78, 5) is 19.4. The van der Waals surface area contributed by atoms with Crippen molar-refractivity contribution in [2.24, 2.45) is 5.92 Å². The molecule has 3 N–H and O–H groups in total. The Morgan fingerprint density at radius 1 is 0.900 bits per heavy atom. The summed E-state index contributed by atoms with van der Waals surface area (Å²) in [5.41, 5.74) is 3.52. The standard InChI is InChI=1S/C29H38N10O/c40-27-4-2-1-3-24(27)25-15-26-28(35-34-25)31-18-23-20-38(13-14-39(23)26)29-32-16-22(17-33-29)37-9-5-21(6-10-37)19-36-11-7-30-8-12-36/h1-4,15-17,21,23,30,40H,5-14,18-20H2,(H,31,35)/t23-/m0/s1. The van der Waals surface area contributed by atoms with E-state index in [-0.39, 0.29) is 11.8 Å². The van der Waals surface area contributed by atoms with Crippen LogP contribution in [-0.2, 0) is 0 Å². The number of benzene rings is 1. The molecule has 4 aliphatic heterocycles. The van der Waals surface area contributed by atoms with Crippen molar-refractivity contribution in [3.8, 4) is 17.0 Å². The predicted molar refractivity (Wildman–Crippen MR) is 157 cm³/mol. The zero-order valence-electron chi connectivity index (χ0n) is 22.9. The first-order chi connectivity index (χ1) is 19.7. The fraction of sp³-hybridized carbons (Fsp3) is 0.517. The number of fused-ring (bicyclic) bond motifs is 3. The van der Waals surface area contributed by atoms with E-state index in [4.69, 9.17) is 9.97 Å². The second-order valence-electron chi connectivity index (χ2n) is 11.4. The maximum absolute atomic E-state index is 10.3. The lowest BCUT2D eigenvalue weighted by Gasteiger charge is -2.45. The number of piperazine rings is 2. The summed E-state index contributed by atoms with van der Waals surface area (Å²) in [5, 5.41) is 26.0. The highest BCUT2D eigenvalue weighted by Gasteiger charge is 2.34. The first kappa shape index (κ1) is 25.3. The van der Waals surface area contributed by atoms with Crippen molar-refractivity contribution in [2.75, 3.05) is 92.0 Å². The van der Waals surface area contributed by atoms with E-state index in [1.165, 1.54) is 32.5 Å². The zero-order chi connectivity index (χ0) is 26.9. The summed E-state index contributed by atoms with van der Waals surface area (Å²) in [5.74, 6) is 2.59. The highest BCUT2D eigenvalue weighted by Crippen LogP contribution is 2.36. The van der Waals surface area contributed by atoms with E-state index < -0.39 is 0 Å². The van der Waals surface area contributed by atoms with E-state index in [2.05, 4.69) is 40.4 Å². The Morgan fingerprint density at radius 3 is 2.50 bits per heavy atom. The van der Waals surface area contributed by atoms with Gasteiger partial charge in [0.15, 0.2) is 5.82 Å². The Morgan fingerprint density at radius 2 is 1.70 bits per heavy atom. The molecule has 3 saturated heterocycles. The third kappa shape index (κ3) is 5.11. The average molecular weight is 543 g/mol. The molecule has 0 aliphatic carbocycles. The molecule has 2 aromatic heterocycles. The van der Waals surface area contributed by atoms with Crippen LogP contribution in [0.4, 0.5) is 23.1 Å². The van der Waals surface area contributed by atoms with Crippen LogP contribution in [0.2, 0.25) is 0 Å². The Kier molecular flexibility index (Phi) is 6.98. The van der Waals surface area contributed by atoms with Gasteiger partial charge in [0.05, 0.1) is 35.5 Å². The van der Waals surface area contributed by atoms with Gasteiger partial charge < -0.3 is 35.3 Å². The summed E-state index contributed by atoms with van der Waals surface area (Å²) in [6, 6.07) is 9.56. The predicted octanol–water partition coefficient (Wildman–Crippen LogP) is 1.88. The molecule has 3 aromatic rings. The van der Waals surface area contributed by atoms with Crippen LogP contribution in [0, 0.1) is 5.92 Å². The van der Waals surface area contributed by atoms with Crippen molar-refractivity contribution in [1.29, 1.82) is 0 Å². The maximum atomic E-state index is 10.3. The van der Waals surface area contributed by atoms with Gasteiger partial charge in [-0.25, -0.2) is 9.97 Å². The molecular weight excluding hydrogens is 504 g/mol. The molecule has 1 aromatic carbocycles. The molecule has 3 fully saturated rings. The van der Waals surface area contributed by atoms with Gasteiger partial charge in [-0.3, -0.25) is 0 Å². The van der Waals surface area contributed by atoms with E-state index in [1.807, 2.05) is 36.7 Å². The normalized spacial score (nSPS) is 22.0. The number of phenols is 1. The largest absolute Gasteiger partial charge is 0.507 e. The second kappa shape index (κ2) is 11.1. The Hall–Kier alpha value is -3.70. The van der Waals surface area contributed by atoms with Crippen LogP contribution < -0.4 is 25.3 Å². The molecule has 11 nitrogen and oxygen atoms in total. The Balaban J connectivity index is 0.973. The first-order valence-electron chi connectivity index (χ1n) is 14.6. The highest BCUT2D eigenvalue weighted by atomic mass is 16.3. The maximum Gasteiger partial charge on any atom is 0.225 e. The Bertz CT molecular complexity index is 1310. The molecule has 210 valence electrons. The molecule has 0 spiro atoms. The van der Waals surface area contributed by atoms with Gasteiger partial charge in [-0.1, -0.05) is 12.1 Å². The van der Waals surface area contributed by atoms with Gasteiger partial charge in [-0.15, -0.1) is 10.2 Å². The van der Waals surface area contributed by atoms with Gasteiger partial charge in [-0.05, 0) is 37.0 Å². The molecular formula is C29H38N10O. The summed E-state index contributed by atoms with van der Waals surface area (Å²) in [6.45, 7) is 11.3. The number of nitrogens with zero attached hydrogens (tertiary/aromatic N) is 8. The number of para-hydroxylation sites is 1. The fourth-order valence-corrected chi connectivity index (χ4v) is 6.57. The van der Waals surface area contributed by atoms with Gasteiger partial charge in [0, 0.05) is 77.6 Å². The minimum absolute atomic E-state index is 0.210. The molecule has 6 heterocycles. The highest BCUT2D eigenvalue weighted by molar-refractivity contribution is 5.76. The van der Waals surface area contributed by atoms with Gasteiger partial charge >= 0.3 is 0 Å². The van der Waals surface area contributed by atoms with Crippen molar-refractivity contribution < 1.29 is 5.11 Å². The van der Waals surface area contributed by atoms with Crippen LogP contribution in [0.15, 0.2) is 42.7 Å². The molecule has 0 bridgehead atoms. The molecule has 11 heteroatoms. The van der Waals surface area contributed by atoms with Crippen LogP contribution in [0.1, 0.15) is 12.8 Å². The van der Waals surface area contributed by atoms with Gasteiger partial charge in [-0.2, -0.15) is 0 Å². The summed E-state index contributed by atoms with van der Waals surface area (Å²) >= 11 is 0. The lowest BCUT2D eigenvalue weighted by molar-refractivity contribution is 0.190. The zero-order valence-corrected chi connectivity index (χ0v) is 22.9. The number of rotatable bonds is 5. The number of nitrogens with one attached hydrogen (secondary N) is 2. The number of aromatic nitrogens is 4. The van der Waals surface area contributed by atoms with Gasteiger partial charge in [0.2, 0.25) is 5.95 Å². The number of hydrogen-bond donors (Lipinski definition) is 3. The van der Waals surface area contributed by atoms with Gasteiger partial charge in [0.25, 0.3) is 0 Å². The summed E-state index contributed by atoms with van der Waals surface area (Å²) in [7, 11) is 0. The summed E-state index contributed by atoms with van der Waals surface area (Å²) in [6.07, 6.45) is 6.49. The number of phenolic OH excluding ortho intramolecular Hbond substituents is 1. The third-order valence-electron chi connectivity index (χ3n) is 8.86. The van der Waals surface area contributed by atoms with E-state index in [0.717, 1.165) is 81.4 Å². The number of piperidine rings is 1. The Labute approximate surface area is 235 Å². The second-order valence-corrected chi connectivity index (χ2v) is 11.4. The van der Waals surface area contributed by atoms with E-state index >= 15 is 0 Å². The lowest BCUT2D eigenvalue weighted by atomic mass is 9.96. The number of aromatic hydroxyl groups is 1. The summed E-state index contributed by atoms with van der Waals surface area (Å²) < 4.78 is 0.